The van der Waals surface area contributed by atoms with Gasteiger partial charge < -0.3 is 9.52 Å². The standard InChI is InChI=1S/C18H13F3N4O3S/c1-17(27,18(19,20)21)7-14-23-16(29-25-14)24-15(26)12-6-13(28-9-12)11-4-2-3-10(5-11)8-22/h2-6,9,27H,7H2,1H3,(H,23,24,25,26). The Morgan fingerprint density at radius 2 is 2.14 bits per heavy atom. The predicted octanol–water partition coefficient (Wildman–Crippen LogP) is 3.78. The van der Waals surface area contributed by atoms with Crippen LogP contribution < -0.4 is 5.32 Å². The molecule has 0 aliphatic carbocycles. The van der Waals surface area contributed by atoms with E-state index in [9.17, 15) is 23.1 Å². The number of halogens is 3. The molecule has 0 bridgehead atoms. The number of aromatic nitrogens is 2. The monoisotopic (exact) mass is 422 g/mol. The summed E-state index contributed by atoms with van der Waals surface area (Å²) in [6, 6.07) is 10.1. The molecule has 1 unspecified atom stereocenters. The number of furan rings is 1. The van der Waals surface area contributed by atoms with E-state index in [1.54, 1.807) is 24.3 Å². The molecule has 2 aromatic heterocycles. The van der Waals surface area contributed by atoms with Gasteiger partial charge in [-0.1, -0.05) is 12.1 Å². The second-order valence-corrected chi connectivity index (χ2v) is 7.06. The number of benzene rings is 1. The second kappa shape index (κ2) is 7.65. The van der Waals surface area contributed by atoms with E-state index in [1.165, 1.54) is 12.3 Å². The number of nitrogens with zero attached hydrogens (tertiary/aromatic N) is 3. The minimum Gasteiger partial charge on any atom is -0.464 e. The van der Waals surface area contributed by atoms with Gasteiger partial charge in [-0.05, 0) is 25.1 Å². The number of rotatable bonds is 5. The Balaban J connectivity index is 1.70. The number of anilines is 1. The van der Waals surface area contributed by atoms with Crippen molar-refractivity contribution in [3.8, 4) is 17.4 Å². The number of aliphatic hydroxyl groups is 1. The highest BCUT2D eigenvalue weighted by molar-refractivity contribution is 7.09. The Hall–Kier alpha value is -3.23. The average Bonchev–Trinajstić information content (AvgIpc) is 3.30. The molecule has 0 fully saturated rings. The van der Waals surface area contributed by atoms with Gasteiger partial charge in [0.05, 0.1) is 17.2 Å². The summed E-state index contributed by atoms with van der Waals surface area (Å²) in [5, 5.41) is 20.9. The van der Waals surface area contributed by atoms with E-state index in [2.05, 4.69) is 14.7 Å². The summed E-state index contributed by atoms with van der Waals surface area (Å²) < 4.78 is 47.3. The van der Waals surface area contributed by atoms with Gasteiger partial charge >= 0.3 is 6.18 Å². The van der Waals surface area contributed by atoms with Crippen molar-refractivity contribution in [2.75, 3.05) is 5.32 Å². The lowest BCUT2D eigenvalue weighted by Crippen LogP contribution is -2.44. The number of alkyl halides is 3. The molecule has 0 spiro atoms. The van der Waals surface area contributed by atoms with Crippen LogP contribution in [0.1, 0.15) is 28.7 Å². The first-order valence-corrected chi connectivity index (χ1v) is 8.88. The quantitative estimate of drug-likeness (QED) is 0.647. The molecule has 2 N–H and O–H groups in total. The Morgan fingerprint density at radius 1 is 1.38 bits per heavy atom. The van der Waals surface area contributed by atoms with Crippen LogP contribution in [0.2, 0.25) is 0 Å². The van der Waals surface area contributed by atoms with Crippen molar-refractivity contribution in [3.05, 3.63) is 53.5 Å². The van der Waals surface area contributed by atoms with Gasteiger partial charge in [0.25, 0.3) is 5.91 Å². The number of hydrogen-bond donors (Lipinski definition) is 2. The van der Waals surface area contributed by atoms with E-state index in [0.29, 0.717) is 35.3 Å². The predicted molar refractivity (Wildman–Crippen MR) is 97.1 cm³/mol. The summed E-state index contributed by atoms with van der Waals surface area (Å²) in [7, 11) is 0. The van der Waals surface area contributed by atoms with Gasteiger partial charge in [0.1, 0.15) is 17.8 Å². The SMILES string of the molecule is CC(O)(Cc1nsc(NC(=O)c2coc(-c3cccc(C#N)c3)c2)n1)C(F)(F)F. The van der Waals surface area contributed by atoms with Crippen LogP contribution >= 0.6 is 11.5 Å². The van der Waals surface area contributed by atoms with Crippen LogP contribution in [-0.4, -0.2) is 32.1 Å². The van der Waals surface area contributed by atoms with Crippen LogP contribution in [0.15, 0.2) is 41.0 Å². The summed E-state index contributed by atoms with van der Waals surface area (Å²) in [5.74, 6) is -0.470. The van der Waals surface area contributed by atoms with Crippen LogP contribution in [-0.2, 0) is 6.42 Å². The highest BCUT2D eigenvalue weighted by atomic mass is 32.1. The van der Waals surface area contributed by atoms with Gasteiger partial charge in [0, 0.05) is 23.5 Å². The normalized spacial score (nSPS) is 13.5. The molecule has 0 aliphatic heterocycles. The summed E-state index contributed by atoms with van der Waals surface area (Å²) in [6.45, 7) is 0.626. The zero-order valence-electron chi connectivity index (χ0n) is 14.8. The summed E-state index contributed by atoms with van der Waals surface area (Å²) in [4.78, 5) is 16.1. The Morgan fingerprint density at radius 3 is 2.83 bits per heavy atom. The zero-order chi connectivity index (χ0) is 21.2. The third kappa shape index (κ3) is 4.61. The van der Waals surface area contributed by atoms with Crippen molar-refractivity contribution in [2.45, 2.75) is 25.1 Å². The number of hydrogen-bond acceptors (Lipinski definition) is 7. The molecule has 0 aliphatic rings. The first-order chi connectivity index (χ1) is 13.6. The molecular formula is C18H13F3N4O3S. The van der Waals surface area contributed by atoms with Gasteiger partial charge in [-0.2, -0.15) is 22.8 Å². The number of nitrogens with one attached hydrogen (secondary N) is 1. The largest absolute Gasteiger partial charge is 0.464 e. The molecule has 150 valence electrons. The Labute approximate surface area is 166 Å². The highest BCUT2D eigenvalue weighted by Gasteiger charge is 2.50. The fourth-order valence-electron chi connectivity index (χ4n) is 2.30. The van der Waals surface area contributed by atoms with Crippen LogP contribution in [0, 0.1) is 11.3 Å². The maximum absolute atomic E-state index is 12.7. The van der Waals surface area contributed by atoms with Crippen molar-refractivity contribution in [1.29, 1.82) is 5.26 Å². The summed E-state index contributed by atoms with van der Waals surface area (Å²) in [5.41, 5.74) is -1.79. The molecule has 1 aromatic carbocycles. The molecule has 29 heavy (non-hydrogen) atoms. The average molecular weight is 422 g/mol. The van der Waals surface area contributed by atoms with Crippen molar-refractivity contribution < 1.29 is 27.5 Å². The van der Waals surface area contributed by atoms with E-state index in [1.807, 2.05) is 6.07 Å². The molecule has 7 nitrogen and oxygen atoms in total. The van der Waals surface area contributed by atoms with Crippen LogP contribution in [0.25, 0.3) is 11.3 Å². The van der Waals surface area contributed by atoms with Crippen LogP contribution in [0.4, 0.5) is 18.3 Å². The smallest absolute Gasteiger partial charge is 0.417 e. The molecule has 3 aromatic rings. The van der Waals surface area contributed by atoms with Crippen molar-refractivity contribution in [2.24, 2.45) is 0 Å². The van der Waals surface area contributed by atoms with E-state index in [0.717, 1.165) is 0 Å². The second-order valence-electron chi connectivity index (χ2n) is 6.31. The van der Waals surface area contributed by atoms with E-state index >= 15 is 0 Å². The molecule has 2 heterocycles. The lowest BCUT2D eigenvalue weighted by molar-refractivity contribution is -0.252. The third-order valence-corrected chi connectivity index (χ3v) is 4.61. The first kappa shape index (κ1) is 20.5. The lowest BCUT2D eigenvalue weighted by atomic mass is 10.0. The molecule has 3 rings (SSSR count). The van der Waals surface area contributed by atoms with Crippen LogP contribution in [0.5, 0.6) is 0 Å². The third-order valence-electron chi connectivity index (χ3n) is 3.94. The first-order valence-electron chi connectivity index (χ1n) is 8.11. The molecule has 0 saturated carbocycles. The van der Waals surface area contributed by atoms with Gasteiger partial charge in [-0.3, -0.25) is 10.1 Å². The molecule has 1 atom stereocenters. The minimum absolute atomic E-state index is 0.0165. The number of nitriles is 1. The van der Waals surface area contributed by atoms with E-state index < -0.39 is 24.1 Å². The number of amides is 1. The van der Waals surface area contributed by atoms with Gasteiger partial charge in [0.15, 0.2) is 5.60 Å². The van der Waals surface area contributed by atoms with E-state index in [4.69, 9.17) is 9.68 Å². The van der Waals surface area contributed by atoms with E-state index in [-0.39, 0.29) is 16.5 Å². The minimum atomic E-state index is -4.84. The fourth-order valence-corrected chi connectivity index (χ4v) is 2.88. The highest BCUT2D eigenvalue weighted by Crippen LogP contribution is 2.32. The topological polar surface area (TPSA) is 112 Å². The molecule has 0 saturated heterocycles. The molecule has 1 amide bonds. The Kier molecular flexibility index (Phi) is 5.41. The van der Waals surface area contributed by atoms with Crippen molar-refractivity contribution in [1.82, 2.24) is 9.36 Å². The van der Waals surface area contributed by atoms with Crippen molar-refractivity contribution in [3.63, 3.8) is 0 Å². The van der Waals surface area contributed by atoms with Crippen LogP contribution in [0.3, 0.4) is 0 Å². The maximum atomic E-state index is 12.7. The maximum Gasteiger partial charge on any atom is 0.417 e. The zero-order valence-corrected chi connectivity index (χ0v) is 15.6. The summed E-state index contributed by atoms with van der Waals surface area (Å²) >= 11 is 0.694. The number of carbonyl (C=O) groups excluding carboxylic acids is 1. The van der Waals surface area contributed by atoms with Gasteiger partial charge in [-0.15, -0.1) is 0 Å². The van der Waals surface area contributed by atoms with Gasteiger partial charge in [-0.25, -0.2) is 4.98 Å². The lowest BCUT2D eigenvalue weighted by Gasteiger charge is -2.24. The summed E-state index contributed by atoms with van der Waals surface area (Å²) in [6.07, 6.45) is -4.47. The number of carbonyl (C=O) groups is 1. The molecule has 0 radical (unpaired) electrons. The van der Waals surface area contributed by atoms with Crippen molar-refractivity contribution >= 4 is 22.6 Å². The fraction of sp³-hybridized carbons (Fsp3) is 0.222. The Bertz CT molecular complexity index is 1080. The molecule has 11 heteroatoms. The molecular weight excluding hydrogens is 409 g/mol. The van der Waals surface area contributed by atoms with Gasteiger partial charge in [0.2, 0.25) is 5.13 Å².